The fraction of sp³-hybridized carbons (Fsp3) is 0.375. The van der Waals surface area contributed by atoms with Gasteiger partial charge in [-0.1, -0.05) is 0 Å². The first-order chi connectivity index (χ1) is 6.54. The fourth-order valence-corrected chi connectivity index (χ4v) is 1.68. The summed E-state index contributed by atoms with van der Waals surface area (Å²) in [5.41, 5.74) is 0.150. The molecule has 0 aliphatic rings. The highest BCUT2D eigenvalue weighted by Gasteiger charge is 2.15. The van der Waals surface area contributed by atoms with E-state index < -0.39 is 18.9 Å². The molecule has 0 saturated carbocycles. The smallest absolute Gasteiger partial charge is 0.354 e. The summed E-state index contributed by atoms with van der Waals surface area (Å²) < 4.78 is 30.6. The molecule has 78 valence electrons. The van der Waals surface area contributed by atoms with Gasteiger partial charge in [-0.25, -0.2) is 13.6 Å². The van der Waals surface area contributed by atoms with Crippen LogP contribution in [0.25, 0.3) is 0 Å². The molecule has 0 amide bonds. The Morgan fingerprint density at radius 1 is 1.71 bits per heavy atom. The summed E-state index contributed by atoms with van der Waals surface area (Å²) in [5, 5.41) is 0. The summed E-state index contributed by atoms with van der Waals surface area (Å²) in [6, 6.07) is 1.51. The number of halogens is 3. The van der Waals surface area contributed by atoms with Crippen molar-refractivity contribution >= 4 is 28.6 Å². The van der Waals surface area contributed by atoms with Crippen molar-refractivity contribution in [3.8, 4) is 0 Å². The molecule has 0 aromatic carbocycles. The van der Waals surface area contributed by atoms with Gasteiger partial charge in [-0.2, -0.15) is 0 Å². The van der Waals surface area contributed by atoms with Crippen molar-refractivity contribution in [2.24, 2.45) is 0 Å². The second kappa shape index (κ2) is 4.72. The van der Waals surface area contributed by atoms with E-state index in [0.29, 0.717) is 0 Å². The predicted octanol–water partition coefficient (Wildman–Crippen LogP) is 2.14. The maximum absolute atomic E-state index is 12.1. The van der Waals surface area contributed by atoms with Crippen molar-refractivity contribution in [1.29, 1.82) is 0 Å². The summed E-state index contributed by atoms with van der Waals surface area (Å²) >= 11 is 1.95. The van der Waals surface area contributed by atoms with Gasteiger partial charge in [-0.3, -0.25) is 0 Å². The largest absolute Gasteiger partial charge is 0.464 e. The highest BCUT2D eigenvalue weighted by molar-refractivity contribution is 14.1. The summed E-state index contributed by atoms with van der Waals surface area (Å²) in [6.07, 6.45) is -1.000. The normalized spacial score (nSPS) is 10.6. The third-order valence-electron chi connectivity index (χ3n) is 1.59. The maximum atomic E-state index is 12.1. The molecule has 0 fully saturated rings. The van der Waals surface area contributed by atoms with Crippen LogP contribution in [0, 0.1) is 3.57 Å². The van der Waals surface area contributed by atoms with E-state index in [1.54, 1.807) is 0 Å². The molecule has 1 rings (SSSR count). The lowest BCUT2D eigenvalue weighted by Crippen LogP contribution is -2.13. The van der Waals surface area contributed by atoms with Crippen molar-refractivity contribution < 1.29 is 18.3 Å². The van der Waals surface area contributed by atoms with Gasteiger partial charge >= 0.3 is 5.97 Å². The Hall–Kier alpha value is -0.660. The molecule has 1 aromatic heterocycles. The van der Waals surface area contributed by atoms with E-state index in [1.165, 1.54) is 23.9 Å². The number of esters is 1. The fourth-order valence-electron chi connectivity index (χ4n) is 1.05. The molecule has 0 atom stereocenters. The first-order valence-electron chi connectivity index (χ1n) is 3.76. The van der Waals surface area contributed by atoms with Gasteiger partial charge in [-0.05, 0) is 28.7 Å². The van der Waals surface area contributed by atoms with Gasteiger partial charge in [0, 0.05) is 9.77 Å². The molecular weight excluding hydrogens is 307 g/mol. The minimum absolute atomic E-state index is 0.150. The van der Waals surface area contributed by atoms with Crippen molar-refractivity contribution in [1.82, 2.24) is 4.57 Å². The van der Waals surface area contributed by atoms with E-state index >= 15 is 0 Å². The number of carbonyl (C=O) groups excluding carboxylic acids is 1. The van der Waals surface area contributed by atoms with E-state index in [9.17, 15) is 13.6 Å². The summed E-state index contributed by atoms with van der Waals surface area (Å²) in [4.78, 5) is 11.1. The molecule has 0 spiro atoms. The number of methoxy groups -OCH3 is 1. The molecule has 0 aliphatic heterocycles. The Kier molecular flexibility index (Phi) is 3.85. The second-order valence-electron chi connectivity index (χ2n) is 2.58. The number of ether oxygens (including phenoxy) is 1. The van der Waals surface area contributed by atoms with Crippen LogP contribution in [0.5, 0.6) is 0 Å². The van der Waals surface area contributed by atoms with Gasteiger partial charge in [0.15, 0.2) is 0 Å². The van der Waals surface area contributed by atoms with E-state index in [1.807, 2.05) is 22.6 Å². The van der Waals surface area contributed by atoms with Crippen LogP contribution in [-0.4, -0.2) is 24.1 Å². The quantitative estimate of drug-likeness (QED) is 0.632. The molecular formula is C8H8F2INO2. The zero-order valence-corrected chi connectivity index (χ0v) is 9.49. The number of rotatable bonds is 3. The standard InChI is InChI=1S/C8H8F2INO2/c1-14-8(13)6-2-5(11)3-12(6)4-7(9)10/h2-3,7H,4H2,1H3. The highest BCUT2D eigenvalue weighted by Crippen LogP contribution is 2.13. The van der Waals surface area contributed by atoms with Gasteiger partial charge in [-0.15, -0.1) is 0 Å². The molecule has 3 nitrogen and oxygen atoms in total. The average molecular weight is 315 g/mol. The number of nitrogens with zero attached hydrogens (tertiary/aromatic N) is 1. The lowest BCUT2D eigenvalue weighted by molar-refractivity contribution is 0.0580. The molecule has 0 saturated heterocycles. The van der Waals surface area contributed by atoms with Crippen molar-refractivity contribution in [2.75, 3.05) is 7.11 Å². The zero-order chi connectivity index (χ0) is 10.7. The molecule has 0 aliphatic carbocycles. The molecule has 0 bridgehead atoms. The predicted molar refractivity (Wildman–Crippen MR) is 54.5 cm³/mol. The van der Waals surface area contributed by atoms with Gasteiger partial charge < -0.3 is 9.30 Å². The third kappa shape index (κ3) is 2.66. The van der Waals surface area contributed by atoms with Crippen LogP contribution in [0.2, 0.25) is 0 Å². The van der Waals surface area contributed by atoms with Gasteiger partial charge in [0.25, 0.3) is 6.43 Å². The second-order valence-corrected chi connectivity index (χ2v) is 3.82. The lowest BCUT2D eigenvalue weighted by Gasteiger charge is -2.05. The topological polar surface area (TPSA) is 31.2 Å². The molecule has 0 unspecified atom stereocenters. The Morgan fingerprint density at radius 2 is 2.36 bits per heavy atom. The minimum atomic E-state index is -2.48. The summed E-state index contributed by atoms with van der Waals surface area (Å²) in [5.74, 6) is -0.603. The van der Waals surface area contributed by atoms with E-state index in [2.05, 4.69) is 4.74 Å². The SMILES string of the molecule is COC(=O)c1cc(I)cn1CC(F)F. The Morgan fingerprint density at radius 3 is 2.86 bits per heavy atom. The number of carbonyl (C=O) groups is 1. The Balaban J connectivity index is 2.96. The number of hydrogen-bond donors (Lipinski definition) is 0. The van der Waals surface area contributed by atoms with Crippen LogP contribution in [0.15, 0.2) is 12.3 Å². The van der Waals surface area contributed by atoms with Gasteiger partial charge in [0.1, 0.15) is 5.69 Å². The monoisotopic (exact) mass is 315 g/mol. The van der Waals surface area contributed by atoms with E-state index in [4.69, 9.17) is 0 Å². The zero-order valence-electron chi connectivity index (χ0n) is 7.34. The van der Waals surface area contributed by atoms with Crippen molar-refractivity contribution in [2.45, 2.75) is 13.0 Å². The maximum Gasteiger partial charge on any atom is 0.354 e. The molecule has 6 heteroatoms. The van der Waals surface area contributed by atoms with Crippen LogP contribution < -0.4 is 0 Å². The van der Waals surface area contributed by atoms with Crippen LogP contribution in [0.4, 0.5) is 8.78 Å². The number of hydrogen-bond acceptors (Lipinski definition) is 2. The average Bonchev–Trinajstić information content (AvgIpc) is 2.44. The Bertz CT molecular complexity index is 338. The van der Waals surface area contributed by atoms with Gasteiger partial charge in [0.05, 0.1) is 13.7 Å². The first kappa shape index (κ1) is 11.4. The molecule has 14 heavy (non-hydrogen) atoms. The number of alkyl halides is 2. The Labute approximate surface area is 93.2 Å². The van der Waals surface area contributed by atoms with Crippen molar-refractivity contribution in [3.63, 3.8) is 0 Å². The molecule has 0 N–H and O–H groups in total. The van der Waals surface area contributed by atoms with E-state index in [0.717, 1.165) is 3.57 Å². The number of aromatic nitrogens is 1. The van der Waals surface area contributed by atoms with E-state index in [-0.39, 0.29) is 5.69 Å². The molecule has 1 heterocycles. The van der Waals surface area contributed by atoms with Crippen molar-refractivity contribution in [3.05, 3.63) is 21.5 Å². The molecule has 0 radical (unpaired) electrons. The summed E-state index contributed by atoms with van der Waals surface area (Å²) in [7, 11) is 1.22. The highest BCUT2D eigenvalue weighted by atomic mass is 127. The first-order valence-corrected chi connectivity index (χ1v) is 4.84. The third-order valence-corrected chi connectivity index (χ3v) is 2.18. The van der Waals surface area contributed by atoms with Crippen LogP contribution in [-0.2, 0) is 11.3 Å². The van der Waals surface area contributed by atoms with Crippen LogP contribution in [0.3, 0.4) is 0 Å². The summed E-state index contributed by atoms with van der Waals surface area (Å²) in [6.45, 7) is -0.493. The van der Waals surface area contributed by atoms with Crippen LogP contribution in [0.1, 0.15) is 10.5 Å². The lowest BCUT2D eigenvalue weighted by atomic mass is 10.4. The van der Waals surface area contributed by atoms with Crippen LogP contribution >= 0.6 is 22.6 Å². The minimum Gasteiger partial charge on any atom is -0.464 e. The molecule has 1 aromatic rings. The van der Waals surface area contributed by atoms with Gasteiger partial charge in [0.2, 0.25) is 0 Å².